The predicted octanol–water partition coefficient (Wildman–Crippen LogP) is -0.175. The number of hydrogen-bond acceptors (Lipinski definition) is 6. The second-order valence-electron chi connectivity index (χ2n) is 4.67. The van der Waals surface area contributed by atoms with Crippen molar-refractivity contribution in [2.75, 3.05) is 26.7 Å². The summed E-state index contributed by atoms with van der Waals surface area (Å²) in [4.78, 5) is 38.1. The summed E-state index contributed by atoms with van der Waals surface area (Å²) < 4.78 is 5.99. The molecule has 1 saturated heterocycles. The summed E-state index contributed by atoms with van der Waals surface area (Å²) in [5.74, 6) is -1.12. The average molecular weight is 305 g/mol. The minimum Gasteiger partial charge on any atom is -0.462 e. The van der Waals surface area contributed by atoms with Crippen LogP contribution < -0.4 is 0 Å². The summed E-state index contributed by atoms with van der Waals surface area (Å²) in [6, 6.07) is 1.41. The molecule has 9 nitrogen and oxygen atoms in total. The van der Waals surface area contributed by atoms with Gasteiger partial charge in [0, 0.05) is 26.3 Å². The monoisotopic (exact) mass is 305 g/mol. The van der Waals surface area contributed by atoms with Crippen LogP contribution in [0.4, 0.5) is 4.79 Å². The molecule has 3 amide bonds. The predicted molar refractivity (Wildman–Crippen MR) is 72.6 cm³/mol. The van der Waals surface area contributed by atoms with E-state index < -0.39 is 11.9 Å². The Kier molecular flexibility index (Phi) is 4.41. The van der Waals surface area contributed by atoms with E-state index in [-0.39, 0.29) is 30.4 Å². The molecule has 0 saturated carbocycles. The van der Waals surface area contributed by atoms with Crippen LogP contribution in [-0.4, -0.2) is 64.2 Å². The fraction of sp³-hybridized carbons (Fsp3) is 0.462. The maximum atomic E-state index is 12.1. The molecule has 22 heavy (non-hydrogen) atoms. The molecule has 116 valence electrons. The number of carbonyl (C=O) groups is 3. The van der Waals surface area contributed by atoms with Gasteiger partial charge in [-0.25, -0.2) is 9.59 Å². The maximum Gasteiger partial charge on any atom is 0.342 e. The molecule has 0 bridgehead atoms. The van der Waals surface area contributed by atoms with Gasteiger partial charge in [-0.15, -0.1) is 0 Å². The van der Waals surface area contributed by atoms with Crippen LogP contribution in [0.1, 0.15) is 23.0 Å². The van der Waals surface area contributed by atoms with Gasteiger partial charge in [0.1, 0.15) is 18.2 Å². The lowest BCUT2D eigenvalue weighted by Crippen LogP contribution is -2.37. The van der Waals surface area contributed by atoms with Gasteiger partial charge in [0.15, 0.2) is 5.69 Å². The first kappa shape index (κ1) is 15.5. The zero-order chi connectivity index (χ0) is 16.3. The van der Waals surface area contributed by atoms with Gasteiger partial charge in [-0.1, -0.05) is 0 Å². The SMILES string of the molecule is CCOC(=O)c1cn(CC(=O)N2CCN(C)C2=O)nc1C#N. The third-order valence-corrected chi connectivity index (χ3v) is 3.18. The van der Waals surface area contributed by atoms with E-state index in [9.17, 15) is 14.4 Å². The fourth-order valence-corrected chi connectivity index (χ4v) is 2.05. The molecule has 0 radical (unpaired) electrons. The molecule has 9 heteroatoms. The summed E-state index contributed by atoms with van der Waals surface area (Å²) >= 11 is 0. The lowest BCUT2D eigenvalue weighted by atomic mass is 10.3. The molecule has 2 heterocycles. The van der Waals surface area contributed by atoms with Crippen molar-refractivity contribution in [3.05, 3.63) is 17.5 Å². The number of ether oxygens (including phenoxy) is 1. The van der Waals surface area contributed by atoms with Crippen molar-refractivity contribution in [3.8, 4) is 6.07 Å². The topological polar surface area (TPSA) is 109 Å². The van der Waals surface area contributed by atoms with Gasteiger partial charge >= 0.3 is 12.0 Å². The first-order chi connectivity index (χ1) is 10.5. The fourth-order valence-electron chi connectivity index (χ4n) is 2.05. The highest BCUT2D eigenvalue weighted by Gasteiger charge is 2.31. The molecular weight excluding hydrogens is 290 g/mol. The highest BCUT2D eigenvalue weighted by molar-refractivity contribution is 5.96. The summed E-state index contributed by atoms with van der Waals surface area (Å²) in [5, 5.41) is 12.9. The number of carbonyl (C=O) groups excluding carboxylic acids is 3. The van der Waals surface area contributed by atoms with Crippen LogP contribution in [0.25, 0.3) is 0 Å². The number of nitrogens with zero attached hydrogens (tertiary/aromatic N) is 5. The molecule has 0 unspecified atom stereocenters. The van der Waals surface area contributed by atoms with Gasteiger partial charge in [-0.05, 0) is 6.92 Å². The number of rotatable bonds is 4. The molecular formula is C13H15N5O4. The number of nitriles is 1. The Morgan fingerprint density at radius 2 is 2.18 bits per heavy atom. The number of urea groups is 1. The van der Waals surface area contributed by atoms with Crippen LogP contribution >= 0.6 is 0 Å². The number of aromatic nitrogens is 2. The van der Waals surface area contributed by atoms with E-state index in [1.807, 2.05) is 0 Å². The summed E-state index contributed by atoms with van der Waals surface area (Å²) in [7, 11) is 1.61. The van der Waals surface area contributed by atoms with Crippen molar-refractivity contribution in [3.63, 3.8) is 0 Å². The van der Waals surface area contributed by atoms with E-state index in [0.717, 1.165) is 4.90 Å². The summed E-state index contributed by atoms with van der Waals surface area (Å²) in [6.07, 6.45) is 1.28. The number of esters is 1. The van der Waals surface area contributed by atoms with Crippen LogP contribution in [0, 0.1) is 11.3 Å². The third kappa shape index (κ3) is 2.90. The van der Waals surface area contributed by atoms with Crippen molar-refractivity contribution in [2.45, 2.75) is 13.5 Å². The number of imide groups is 1. The molecule has 2 rings (SSSR count). The van der Waals surface area contributed by atoms with E-state index in [1.165, 1.54) is 15.8 Å². The number of amides is 3. The van der Waals surface area contributed by atoms with Crippen molar-refractivity contribution < 1.29 is 19.1 Å². The minimum atomic E-state index is -0.672. The Hall–Kier alpha value is -2.89. The van der Waals surface area contributed by atoms with Gasteiger partial charge in [0.05, 0.1) is 6.61 Å². The second kappa shape index (κ2) is 6.26. The molecule has 0 aromatic carbocycles. The Morgan fingerprint density at radius 3 is 2.73 bits per heavy atom. The van der Waals surface area contributed by atoms with Crippen LogP contribution in [0.5, 0.6) is 0 Å². The third-order valence-electron chi connectivity index (χ3n) is 3.18. The first-order valence-corrected chi connectivity index (χ1v) is 6.68. The zero-order valence-electron chi connectivity index (χ0n) is 12.3. The van der Waals surface area contributed by atoms with Crippen molar-refractivity contribution in [2.24, 2.45) is 0 Å². The Balaban J connectivity index is 2.14. The molecule has 1 aliphatic rings. The Morgan fingerprint density at radius 1 is 1.45 bits per heavy atom. The van der Waals surface area contributed by atoms with Crippen LogP contribution in [0.15, 0.2) is 6.20 Å². The molecule has 0 N–H and O–H groups in total. The number of hydrogen-bond donors (Lipinski definition) is 0. The van der Waals surface area contributed by atoms with E-state index >= 15 is 0 Å². The Bertz CT molecular complexity index is 660. The summed E-state index contributed by atoms with van der Waals surface area (Å²) in [6.45, 7) is 2.37. The standard InChI is InChI=1S/C13H15N5O4/c1-3-22-12(20)9-7-17(15-10(9)6-14)8-11(19)18-5-4-16(2)13(18)21/h7H,3-5,8H2,1-2H3. The normalized spacial score (nSPS) is 14.1. The van der Waals surface area contributed by atoms with E-state index in [0.29, 0.717) is 13.1 Å². The number of likely N-dealkylation sites (N-methyl/N-ethyl adjacent to an activating group) is 1. The highest BCUT2D eigenvalue weighted by Crippen LogP contribution is 2.10. The second-order valence-corrected chi connectivity index (χ2v) is 4.67. The van der Waals surface area contributed by atoms with Gasteiger partial charge in [0.25, 0.3) is 5.91 Å². The van der Waals surface area contributed by atoms with Crippen LogP contribution in [0.3, 0.4) is 0 Å². The van der Waals surface area contributed by atoms with Gasteiger partial charge in [-0.2, -0.15) is 10.4 Å². The smallest absolute Gasteiger partial charge is 0.342 e. The first-order valence-electron chi connectivity index (χ1n) is 6.68. The lowest BCUT2D eigenvalue weighted by Gasteiger charge is -2.13. The average Bonchev–Trinajstić information content (AvgIpc) is 3.04. The molecule has 1 aromatic rings. The quantitative estimate of drug-likeness (QED) is 0.714. The largest absolute Gasteiger partial charge is 0.462 e. The van der Waals surface area contributed by atoms with Gasteiger partial charge in [-0.3, -0.25) is 14.4 Å². The van der Waals surface area contributed by atoms with Crippen LogP contribution in [-0.2, 0) is 16.1 Å². The Labute approximate surface area is 126 Å². The zero-order valence-corrected chi connectivity index (χ0v) is 12.3. The highest BCUT2D eigenvalue weighted by atomic mass is 16.5. The van der Waals surface area contributed by atoms with Gasteiger partial charge in [0.2, 0.25) is 0 Å². The van der Waals surface area contributed by atoms with E-state index in [1.54, 1.807) is 20.0 Å². The van der Waals surface area contributed by atoms with Crippen molar-refractivity contribution in [1.29, 1.82) is 5.26 Å². The van der Waals surface area contributed by atoms with Crippen molar-refractivity contribution >= 4 is 17.9 Å². The molecule has 0 aliphatic carbocycles. The van der Waals surface area contributed by atoms with E-state index in [2.05, 4.69) is 5.10 Å². The summed E-state index contributed by atoms with van der Waals surface area (Å²) in [5.41, 5.74) is -0.113. The minimum absolute atomic E-state index is 0.00187. The van der Waals surface area contributed by atoms with Gasteiger partial charge < -0.3 is 9.64 Å². The van der Waals surface area contributed by atoms with Crippen LogP contribution in [0.2, 0.25) is 0 Å². The van der Waals surface area contributed by atoms with Crippen molar-refractivity contribution in [1.82, 2.24) is 19.6 Å². The molecule has 1 aliphatic heterocycles. The molecule has 1 fully saturated rings. The lowest BCUT2D eigenvalue weighted by molar-refractivity contribution is -0.128. The molecule has 0 spiro atoms. The maximum absolute atomic E-state index is 12.1. The van der Waals surface area contributed by atoms with E-state index in [4.69, 9.17) is 10.00 Å². The molecule has 1 aromatic heterocycles. The molecule has 0 atom stereocenters.